The van der Waals surface area contributed by atoms with Crippen LogP contribution in [0.2, 0.25) is 0 Å². The van der Waals surface area contributed by atoms with Gasteiger partial charge in [-0.25, -0.2) is 8.42 Å². The van der Waals surface area contributed by atoms with Crippen LogP contribution in [-0.4, -0.2) is 37.0 Å². The third-order valence-electron chi connectivity index (χ3n) is 3.60. The highest BCUT2D eigenvalue weighted by molar-refractivity contribution is 9.10. The van der Waals surface area contributed by atoms with E-state index in [4.69, 9.17) is 10.8 Å². The molecule has 0 aliphatic heterocycles. The van der Waals surface area contributed by atoms with Crippen molar-refractivity contribution >= 4 is 31.6 Å². The summed E-state index contributed by atoms with van der Waals surface area (Å²) in [5.74, 6) is 0. The number of nitrogen functional groups attached to an aromatic ring is 1. The number of anilines is 1. The molecule has 0 amide bonds. The summed E-state index contributed by atoms with van der Waals surface area (Å²) in [6, 6.07) is 4.71. The van der Waals surface area contributed by atoms with Crippen molar-refractivity contribution in [2.24, 2.45) is 0 Å². The molecule has 1 fully saturated rings. The Morgan fingerprint density at radius 3 is 2.60 bits per heavy atom. The van der Waals surface area contributed by atoms with Crippen molar-refractivity contribution in [1.29, 1.82) is 0 Å². The Bertz CT molecular complexity index is 573. The third kappa shape index (κ3) is 3.16. The van der Waals surface area contributed by atoms with Gasteiger partial charge in [-0.3, -0.25) is 0 Å². The average Bonchev–Trinajstić information content (AvgIpc) is 2.35. The number of hydrogen-bond donors (Lipinski definition) is 2. The molecule has 0 heterocycles. The van der Waals surface area contributed by atoms with Crippen LogP contribution in [0.25, 0.3) is 0 Å². The number of aliphatic hydroxyl groups is 1. The van der Waals surface area contributed by atoms with Gasteiger partial charge in [0.15, 0.2) is 0 Å². The van der Waals surface area contributed by atoms with Crippen LogP contribution in [0.1, 0.15) is 25.7 Å². The summed E-state index contributed by atoms with van der Waals surface area (Å²) < 4.78 is 27.5. The fourth-order valence-corrected chi connectivity index (χ4v) is 4.48. The van der Waals surface area contributed by atoms with Crippen molar-refractivity contribution in [3.05, 3.63) is 22.7 Å². The molecule has 1 aromatic rings. The first kappa shape index (κ1) is 15.8. The van der Waals surface area contributed by atoms with Crippen LogP contribution in [-0.2, 0) is 10.0 Å². The average molecular weight is 363 g/mol. The minimum atomic E-state index is -3.54. The fourth-order valence-electron chi connectivity index (χ4n) is 2.20. The van der Waals surface area contributed by atoms with Crippen molar-refractivity contribution in [3.8, 4) is 0 Å². The fraction of sp³-hybridized carbons (Fsp3) is 0.538. The molecule has 112 valence electrons. The van der Waals surface area contributed by atoms with E-state index in [1.165, 1.54) is 16.4 Å². The normalized spacial score (nSPS) is 16.4. The molecule has 1 saturated carbocycles. The summed E-state index contributed by atoms with van der Waals surface area (Å²) >= 11 is 3.26. The lowest BCUT2D eigenvalue weighted by Gasteiger charge is -2.36. The Balaban J connectivity index is 2.30. The van der Waals surface area contributed by atoms with Crippen LogP contribution in [0.3, 0.4) is 0 Å². The summed E-state index contributed by atoms with van der Waals surface area (Å²) in [6.07, 6.45) is 3.29. The van der Waals surface area contributed by atoms with E-state index in [2.05, 4.69) is 15.9 Å². The number of sulfonamides is 1. The maximum atomic E-state index is 12.7. The first-order valence-electron chi connectivity index (χ1n) is 6.64. The third-order valence-corrected chi connectivity index (χ3v) is 6.23. The monoisotopic (exact) mass is 362 g/mol. The second kappa shape index (κ2) is 6.43. The SMILES string of the molecule is Nc1ccc(S(=O)(=O)N(CCCO)C2CCC2)cc1Br. The highest BCUT2D eigenvalue weighted by atomic mass is 79.9. The maximum Gasteiger partial charge on any atom is 0.243 e. The zero-order valence-corrected chi connectivity index (χ0v) is 13.5. The van der Waals surface area contributed by atoms with Crippen LogP contribution >= 0.6 is 15.9 Å². The van der Waals surface area contributed by atoms with Crippen molar-refractivity contribution in [2.75, 3.05) is 18.9 Å². The van der Waals surface area contributed by atoms with Crippen LogP contribution < -0.4 is 5.73 Å². The summed E-state index contributed by atoms with van der Waals surface area (Å²) in [5, 5.41) is 8.96. The predicted octanol–water partition coefficient (Wildman–Crippen LogP) is 1.96. The van der Waals surface area contributed by atoms with Gasteiger partial charge >= 0.3 is 0 Å². The number of halogens is 1. The van der Waals surface area contributed by atoms with Crippen molar-refractivity contribution in [2.45, 2.75) is 36.6 Å². The lowest BCUT2D eigenvalue weighted by Crippen LogP contribution is -2.44. The molecule has 0 aromatic heterocycles. The first-order chi connectivity index (χ1) is 9.46. The highest BCUT2D eigenvalue weighted by Crippen LogP contribution is 2.32. The summed E-state index contributed by atoms with van der Waals surface area (Å²) in [4.78, 5) is 0.239. The van der Waals surface area contributed by atoms with Gasteiger partial charge in [0.25, 0.3) is 0 Å². The Labute approximate surface area is 128 Å². The number of nitrogens with two attached hydrogens (primary N) is 1. The van der Waals surface area contributed by atoms with E-state index >= 15 is 0 Å². The van der Waals surface area contributed by atoms with Crippen LogP contribution in [0, 0.1) is 0 Å². The smallest absolute Gasteiger partial charge is 0.243 e. The second-order valence-electron chi connectivity index (χ2n) is 4.96. The van der Waals surface area contributed by atoms with E-state index in [1.807, 2.05) is 0 Å². The molecule has 2 rings (SSSR count). The summed E-state index contributed by atoms with van der Waals surface area (Å²) in [7, 11) is -3.54. The number of benzene rings is 1. The molecule has 0 spiro atoms. The maximum absolute atomic E-state index is 12.7. The Morgan fingerprint density at radius 2 is 2.10 bits per heavy atom. The molecule has 7 heteroatoms. The standard InChI is InChI=1S/C13H19BrN2O3S/c14-12-9-11(5-6-13(12)15)20(18,19)16(7-2-8-17)10-3-1-4-10/h5-6,9-10,17H,1-4,7-8,15H2. The molecular weight excluding hydrogens is 344 g/mol. The molecule has 1 aliphatic rings. The number of aliphatic hydroxyl groups excluding tert-OH is 1. The van der Waals surface area contributed by atoms with Crippen LogP contribution in [0.5, 0.6) is 0 Å². The highest BCUT2D eigenvalue weighted by Gasteiger charge is 2.34. The number of nitrogens with zero attached hydrogens (tertiary/aromatic N) is 1. The Morgan fingerprint density at radius 1 is 1.40 bits per heavy atom. The van der Waals surface area contributed by atoms with Gasteiger partial charge in [0, 0.05) is 29.4 Å². The Hall–Kier alpha value is -0.630. The predicted molar refractivity (Wildman–Crippen MR) is 81.8 cm³/mol. The van der Waals surface area contributed by atoms with Gasteiger partial charge < -0.3 is 10.8 Å². The number of hydrogen-bond acceptors (Lipinski definition) is 4. The minimum absolute atomic E-state index is 0.00975. The molecule has 0 atom stereocenters. The largest absolute Gasteiger partial charge is 0.398 e. The molecule has 0 saturated heterocycles. The molecule has 5 nitrogen and oxygen atoms in total. The van der Waals surface area contributed by atoms with Gasteiger partial charge in [0.05, 0.1) is 4.90 Å². The topological polar surface area (TPSA) is 83.6 Å². The van der Waals surface area contributed by atoms with E-state index < -0.39 is 10.0 Å². The summed E-state index contributed by atoms with van der Waals surface area (Å²) in [6.45, 7) is 0.343. The molecule has 0 bridgehead atoms. The summed E-state index contributed by atoms with van der Waals surface area (Å²) in [5.41, 5.74) is 6.21. The van der Waals surface area contributed by atoms with Crippen molar-refractivity contribution in [3.63, 3.8) is 0 Å². The van der Waals surface area contributed by atoms with Gasteiger partial charge in [-0.1, -0.05) is 6.42 Å². The lowest BCUT2D eigenvalue weighted by atomic mass is 9.93. The van der Waals surface area contributed by atoms with Crippen molar-refractivity contribution in [1.82, 2.24) is 4.31 Å². The molecule has 3 N–H and O–H groups in total. The quantitative estimate of drug-likeness (QED) is 0.757. The van der Waals surface area contributed by atoms with Crippen molar-refractivity contribution < 1.29 is 13.5 Å². The van der Waals surface area contributed by atoms with Gasteiger partial charge in [0.2, 0.25) is 10.0 Å². The van der Waals surface area contributed by atoms with E-state index in [-0.39, 0.29) is 17.5 Å². The van der Waals surface area contributed by atoms with Gasteiger partial charge in [-0.15, -0.1) is 0 Å². The lowest BCUT2D eigenvalue weighted by molar-refractivity contribution is 0.198. The first-order valence-corrected chi connectivity index (χ1v) is 8.88. The molecule has 20 heavy (non-hydrogen) atoms. The van der Waals surface area contributed by atoms with Gasteiger partial charge in [-0.05, 0) is 53.4 Å². The second-order valence-corrected chi connectivity index (χ2v) is 7.71. The Kier molecular flexibility index (Phi) is 5.06. The van der Waals surface area contributed by atoms with Gasteiger partial charge in [-0.2, -0.15) is 4.31 Å². The van der Waals surface area contributed by atoms with Crippen LogP contribution in [0.4, 0.5) is 5.69 Å². The number of rotatable bonds is 6. The van der Waals surface area contributed by atoms with E-state index in [1.54, 1.807) is 6.07 Å². The molecule has 0 radical (unpaired) electrons. The zero-order chi connectivity index (χ0) is 14.8. The van der Waals surface area contributed by atoms with Gasteiger partial charge in [0.1, 0.15) is 0 Å². The molecule has 0 unspecified atom stereocenters. The van der Waals surface area contributed by atoms with E-state index in [9.17, 15) is 8.42 Å². The van der Waals surface area contributed by atoms with Crippen LogP contribution in [0.15, 0.2) is 27.6 Å². The molecule has 1 aliphatic carbocycles. The van der Waals surface area contributed by atoms with E-state index in [0.717, 1.165) is 19.3 Å². The zero-order valence-electron chi connectivity index (χ0n) is 11.1. The van der Waals surface area contributed by atoms with E-state index in [0.29, 0.717) is 23.1 Å². The minimum Gasteiger partial charge on any atom is -0.398 e. The molecular formula is C13H19BrN2O3S. The molecule has 1 aromatic carbocycles.